The number of anilines is 3. The van der Waals surface area contributed by atoms with Gasteiger partial charge in [0.1, 0.15) is 11.6 Å². The molecule has 0 saturated carbocycles. The summed E-state index contributed by atoms with van der Waals surface area (Å²) >= 11 is 0. The van der Waals surface area contributed by atoms with Gasteiger partial charge in [0.2, 0.25) is 11.8 Å². The van der Waals surface area contributed by atoms with Crippen molar-refractivity contribution in [3.05, 3.63) is 54.1 Å². The predicted molar refractivity (Wildman–Crippen MR) is 88.8 cm³/mol. The maximum Gasteiger partial charge on any atom is 0.226 e. The molecule has 7 heteroatoms. The molecule has 0 radical (unpaired) electrons. The number of amides is 2. The average molecular weight is 333 g/mol. The maximum atomic E-state index is 13.4. The van der Waals surface area contributed by atoms with E-state index < -0.39 is 11.6 Å². The van der Waals surface area contributed by atoms with E-state index in [1.807, 2.05) is 0 Å². The molecule has 2 aromatic rings. The monoisotopic (exact) mass is 333 g/mol. The summed E-state index contributed by atoms with van der Waals surface area (Å²) in [6.45, 7) is 1.59. The number of nitrogens with one attached hydrogen (secondary N) is 3. The quantitative estimate of drug-likeness (QED) is 0.759. The van der Waals surface area contributed by atoms with Crippen LogP contribution in [-0.2, 0) is 9.59 Å². The number of rotatable bonds is 6. The molecule has 126 valence electrons. The number of hydrogen-bond acceptors (Lipinski definition) is 3. The van der Waals surface area contributed by atoms with Gasteiger partial charge in [-0.1, -0.05) is 6.07 Å². The first-order valence-corrected chi connectivity index (χ1v) is 7.30. The van der Waals surface area contributed by atoms with Crippen LogP contribution in [0.2, 0.25) is 0 Å². The van der Waals surface area contributed by atoms with Gasteiger partial charge in [-0.3, -0.25) is 9.59 Å². The first kappa shape index (κ1) is 17.4. The maximum absolute atomic E-state index is 13.4. The standard InChI is InChI=1S/C17H17F2N3O2/c1-11(23)21-13-3-2-4-14(10-13)22-17(24)7-8-20-16-6-5-12(18)9-15(16)19/h2-6,9-10,20H,7-8H2,1H3,(H,21,23)(H,22,24). The number of benzene rings is 2. The summed E-state index contributed by atoms with van der Waals surface area (Å²) in [4.78, 5) is 22.9. The van der Waals surface area contributed by atoms with Crippen molar-refractivity contribution in [2.75, 3.05) is 22.5 Å². The summed E-state index contributed by atoms with van der Waals surface area (Å²) < 4.78 is 26.2. The van der Waals surface area contributed by atoms with E-state index in [-0.39, 0.29) is 30.5 Å². The molecule has 2 aromatic carbocycles. The van der Waals surface area contributed by atoms with E-state index in [4.69, 9.17) is 0 Å². The van der Waals surface area contributed by atoms with Gasteiger partial charge in [-0.05, 0) is 30.3 Å². The van der Waals surface area contributed by atoms with E-state index in [1.165, 1.54) is 13.0 Å². The second-order valence-electron chi connectivity index (χ2n) is 5.11. The van der Waals surface area contributed by atoms with Crippen LogP contribution in [0.15, 0.2) is 42.5 Å². The van der Waals surface area contributed by atoms with E-state index in [9.17, 15) is 18.4 Å². The zero-order chi connectivity index (χ0) is 17.5. The van der Waals surface area contributed by atoms with Crippen molar-refractivity contribution >= 4 is 28.9 Å². The van der Waals surface area contributed by atoms with Crippen LogP contribution in [0.4, 0.5) is 25.8 Å². The Balaban J connectivity index is 1.84. The van der Waals surface area contributed by atoms with Gasteiger partial charge in [0, 0.05) is 37.3 Å². The summed E-state index contributed by atoms with van der Waals surface area (Å²) in [5.41, 5.74) is 1.25. The lowest BCUT2D eigenvalue weighted by atomic mass is 10.2. The zero-order valence-electron chi connectivity index (χ0n) is 13.0. The Morgan fingerprint density at radius 2 is 1.71 bits per heavy atom. The van der Waals surface area contributed by atoms with Gasteiger partial charge >= 0.3 is 0 Å². The second kappa shape index (κ2) is 8.05. The Morgan fingerprint density at radius 3 is 2.38 bits per heavy atom. The molecule has 5 nitrogen and oxygen atoms in total. The second-order valence-corrected chi connectivity index (χ2v) is 5.11. The van der Waals surface area contributed by atoms with Crippen molar-refractivity contribution in [2.45, 2.75) is 13.3 Å². The largest absolute Gasteiger partial charge is 0.382 e. The average Bonchev–Trinajstić information content (AvgIpc) is 2.49. The Morgan fingerprint density at radius 1 is 1.00 bits per heavy atom. The number of hydrogen-bond donors (Lipinski definition) is 3. The van der Waals surface area contributed by atoms with Gasteiger partial charge in [-0.25, -0.2) is 8.78 Å². The molecule has 0 aliphatic rings. The summed E-state index contributed by atoms with van der Waals surface area (Å²) in [5, 5.41) is 8.04. The smallest absolute Gasteiger partial charge is 0.226 e. The minimum atomic E-state index is -0.710. The highest BCUT2D eigenvalue weighted by Gasteiger charge is 2.06. The zero-order valence-corrected chi connectivity index (χ0v) is 13.0. The van der Waals surface area contributed by atoms with Gasteiger partial charge < -0.3 is 16.0 Å². The minimum Gasteiger partial charge on any atom is -0.382 e. The normalized spacial score (nSPS) is 10.1. The Kier molecular flexibility index (Phi) is 5.83. The SMILES string of the molecule is CC(=O)Nc1cccc(NC(=O)CCNc2ccc(F)cc2F)c1. The molecule has 0 unspecified atom stereocenters. The van der Waals surface area contributed by atoms with E-state index in [0.29, 0.717) is 11.4 Å². The molecule has 0 bridgehead atoms. The third-order valence-electron chi connectivity index (χ3n) is 3.07. The lowest BCUT2D eigenvalue weighted by Crippen LogP contribution is -2.16. The van der Waals surface area contributed by atoms with Crippen LogP contribution >= 0.6 is 0 Å². The Labute approximate surface area is 138 Å². The highest BCUT2D eigenvalue weighted by Crippen LogP contribution is 2.16. The van der Waals surface area contributed by atoms with Crippen molar-refractivity contribution < 1.29 is 18.4 Å². The van der Waals surface area contributed by atoms with Crippen molar-refractivity contribution in [2.24, 2.45) is 0 Å². The number of carbonyl (C=O) groups is 2. The molecular formula is C17H17F2N3O2. The van der Waals surface area contributed by atoms with Gasteiger partial charge in [0.15, 0.2) is 0 Å². The van der Waals surface area contributed by atoms with Crippen molar-refractivity contribution in [1.29, 1.82) is 0 Å². The number of carbonyl (C=O) groups excluding carboxylic acids is 2. The molecule has 0 spiro atoms. The topological polar surface area (TPSA) is 70.2 Å². The van der Waals surface area contributed by atoms with E-state index in [0.717, 1.165) is 12.1 Å². The molecule has 2 amide bonds. The van der Waals surface area contributed by atoms with Gasteiger partial charge in [-0.15, -0.1) is 0 Å². The fraction of sp³-hybridized carbons (Fsp3) is 0.176. The fourth-order valence-electron chi connectivity index (χ4n) is 2.04. The van der Waals surface area contributed by atoms with E-state index in [1.54, 1.807) is 24.3 Å². The van der Waals surface area contributed by atoms with Crippen LogP contribution in [0.1, 0.15) is 13.3 Å². The van der Waals surface area contributed by atoms with Crippen LogP contribution in [0.25, 0.3) is 0 Å². The van der Waals surface area contributed by atoms with Gasteiger partial charge in [0.05, 0.1) is 5.69 Å². The molecule has 3 N–H and O–H groups in total. The van der Waals surface area contributed by atoms with Crippen molar-refractivity contribution in [1.82, 2.24) is 0 Å². The molecule has 0 aliphatic carbocycles. The number of halogens is 2. The summed E-state index contributed by atoms with van der Waals surface area (Å²) in [7, 11) is 0. The molecule has 0 atom stereocenters. The third-order valence-corrected chi connectivity index (χ3v) is 3.07. The minimum absolute atomic E-state index is 0.0984. The van der Waals surface area contributed by atoms with Crippen molar-refractivity contribution in [3.63, 3.8) is 0 Å². The molecular weight excluding hydrogens is 316 g/mol. The molecule has 0 heterocycles. The molecule has 2 rings (SSSR count). The highest BCUT2D eigenvalue weighted by atomic mass is 19.1. The Hall–Kier alpha value is -2.96. The summed E-state index contributed by atoms with van der Waals surface area (Å²) in [6.07, 6.45) is 0.0984. The van der Waals surface area contributed by atoms with Gasteiger partial charge in [-0.2, -0.15) is 0 Å². The molecule has 0 aliphatic heterocycles. The van der Waals surface area contributed by atoms with Crippen LogP contribution in [0.5, 0.6) is 0 Å². The van der Waals surface area contributed by atoms with Crippen LogP contribution in [-0.4, -0.2) is 18.4 Å². The molecule has 24 heavy (non-hydrogen) atoms. The molecule has 0 saturated heterocycles. The van der Waals surface area contributed by atoms with Gasteiger partial charge in [0.25, 0.3) is 0 Å². The lowest BCUT2D eigenvalue weighted by Gasteiger charge is -2.09. The van der Waals surface area contributed by atoms with E-state index in [2.05, 4.69) is 16.0 Å². The highest BCUT2D eigenvalue weighted by molar-refractivity contribution is 5.93. The first-order chi connectivity index (χ1) is 11.4. The molecule has 0 fully saturated rings. The summed E-state index contributed by atoms with van der Waals surface area (Å²) in [5.74, 6) is -1.85. The third kappa shape index (κ3) is 5.35. The van der Waals surface area contributed by atoms with Crippen molar-refractivity contribution in [3.8, 4) is 0 Å². The fourth-order valence-corrected chi connectivity index (χ4v) is 2.04. The Bertz CT molecular complexity index is 750. The predicted octanol–water partition coefficient (Wildman–Crippen LogP) is 3.36. The van der Waals surface area contributed by atoms with E-state index >= 15 is 0 Å². The molecule has 0 aromatic heterocycles. The first-order valence-electron chi connectivity index (χ1n) is 7.30. The summed E-state index contributed by atoms with van der Waals surface area (Å²) in [6, 6.07) is 9.92. The van der Waals surface area contributed by atoms with Crippen LogP contribution in [0.3, 0.4) is 0 Å². The van der Waals surface area contributed by atoms with Crippen LogP contribution < -0.4 is 16.0 Å². The lowest BCUT2D eigenvalue weighted by molar-refractivity contribution is -0.116. The van der Waals surface area contributed by atoms with Crippen LogP contribution in [0, 0.1) is 11.6 Å².